The molecule has 0 aliphatic heterocycles. The molecule has 0 aliphatic rings. The number of carbonyl (C=O) groups is 1. The summed E-state index contributed by atoms with van der Waals surface area (Å²) in [5.74, 6) is -0.758. The molecular weight excluding hydrogens is 275 g/mol. The van der Waals surface area contributed by atoms with Crippen molar-refractivity contribution in [3.8, 4) is 0 Å². The highest BCUT2D eigenvalue weighted by Gasteiger charge is 2.02. The van der Waals surface area contributed by atoms with Gasteiger partial charge in [-0.2, -0.15) is 0 Å². The van der Waals surface area contributed by atoms with Crippen LogP contribution >= 0.6 is 33.9 Å². The Balaban J connectivity index is 2.65. The topological polar surface area (TPSA) is 37.3 Å². The van der Waals surface area contributed by atoms with Crippen LogP contribution in [0.4, 0.5) is 0 Å². The van der Waals surface area contributed by atoms with Crippen LogP contribution < -0.4 is 0 Å². The third kappa shape index (κ3) is 2.78. The van der Waals surface area contributed by atoms with Crippen LogP contribution in [0.1, 0.15) is 10.4 Å². The Kier molecular flexibility index (Phi) is 3.32. The van der Waals surface area contributed by atoms with Crippen LogP contribution in [0.5, 0.6) is 0 Å². The molecule has 0 aliphatic carbocycles. The standard InChI is InChI=1S/C7H7IO2S/c8-3-5-1-6(11-4-5)2-7(9)10/h1,4H,2-3H2,(H,9,10). The number of rotatable bonds is 3. The van der Waals surface area contributed by atoms with E-state index in [-0.39, 0.29) is 6.42 Å². The number of carboxylic acid groups (broad SMARTS) is 1. The van der Waals surface area contributed by atoms with Crippen molar-refractivity contribution in [2.75, 3.05) is 0 Å². The van der Waals surface area contributed by atoms with Gasteiger partial charge in [-0.25, -0.2) is 0 Å². The van der Waals surface area contributed by atoms with Crippen LogP contribution in [0.15, 0.2) is 11.4 Å². The Hall–Kier alpha value is -0.100. The predicted octanol–water partition coefficient (Wildman–Crippen LogP) is 2.31. The SMILES string of the molecule is O=C(O)Cc1cc(CI)cs1. The highest BCUT2D eigenvalue weighted by Crippen LogP contribution is 2.17. The van der Waals surface area contributed by atoms with Crippen molar-refractivity contribution in [3.05, 3.63) is 21.9 Å². The Labute approximate surface area is 82.4 Å². The minimum atomic E-state index is -0.758. The summed E-state index contributed by atoms with van der Waals surface area (Å²) >= 11 is 3.78. The van der Waals surface area contributed by atoms with Crippen molar-refractivity contribution < 1.29 is 9.90 Å². The minimum absolute atomic E-state index is 0.154. The second-order valence-electron chi connectivity index (χ2n) is 2.13. The molecule has 0 radical (unpaired) electrons. The largest absolute Gasteiger partial charge is 0.481 e. The molecule has 0 amide bonds. The van der Waals surface area contributed by atoms with Crippen LogP contribution in [0.2, 0.25) is 0 Å². The van der Waals surface area contributed by atoms with Gasteiger partial charge in [0.2, 0.25) is 0 Å². The zero-order valence-corrected chi connectivity index (χ0v) is 8.68. The third-order valence-electron chi connectivity index (χ3n) is 1.19. The molecule has 1 N–H and O–H groups in total. The molecule has 0 spiro atoms. The fourth-order valence-electron chi connectivity index (χ4n) is 0.738. The molecular formula is C7H7IO2S. The second kappa shape index (κ2) is 4.06. The van der Waals surface area contributed by atoms with Crippen molar-refractivity contribution in [2.24, 2.45) is 0 Å². The lowest BCUT2D eigenvalue weighted by Gasteiger charge is -1.86. The maximum absolute atomic E-state index is 10.3. The van der Waals surface area contributed by atoms with Gasteiger partial charge in [-0.3, -0.25) is 4.79 Å². The average molecular weight is 282 g/mol. The molecule has 0 saturated carbocycles. The molecule has 0 atom stereocenters. The maximum atomic E-state index is 10.3. The number of hydrogen-bond acceptors (Lipinski definition) is 2. The minimum Gasteiger partial charge on any atom is -0.481 e. The summed E-state index contributed by atoms with van der Waals surface area (Å²) in [5, 5.41) is 10.5. The molecule has 0 fully saturated rings. The summed E-state index contributed by atoms with van der Waals surface area (Å²) in [6.45, 7) is 0. The average Bonchev–Trinajstić information content (AvgIpc) is 2.34. The lowest BCUT2D eigenvalue weighted by atomic mass is 10.3. The fraction of sp³-hybridized carbons (Fsp3) is 0.286. The molecule has 2 nitrogen and oxygen atoms in total. The summed E-state index contributed by atoms with van der Waals surface area (Å²) in [6, 6.07) is 1.95. The van der Waals surface area contributed by atoms with Gasteiger partial charge in [-0.05, 0) is 17.0 Å². The van der Waals surface area contributed by atoms with Gasteiger partial charge in [0.25, 0.3) is 0 Å². The van der Waals surface area contributed by atoms with E-state index < -0.39 is 5.97 Å². The Morgan fingerprint density at radius 3 is 2.91 bits per heavy atom. The summed E-state index contributed by atoms with van der Waals surface area (Å²) in [5.41, 5.74) is 1.21. The van der Waals surface area contributed by atoms with Crippen LogP contribution in [-0.4, -0.2) is 11.1 Å². The summed E-state index contributed by atoms with van der Waals surface area (Å²) < 4.78 is 0.952. The molecule has 11 heavy (non-hydrogen) atoms. The quantitative estimate of drug-likeness (QED) is 0.682. The zero-order chi connectivity index (χ0) is 8.27. The monoisotopic (exact) mass is 282 g/mol. The predicted molar refractivity (Wildman–Crippen MR) is 53.4 cm³/mol. The summed E-state index contributed by atoms with van der Waals surface area (Å²) in [4.78, 5) is 11.2. The molecule has 1 rings (SSSR count). The molecule has 0 aromatic carbocycles. The molecule has 4 heteroatoms. The van der Waals surface area contributed by atoms with Gasteiger partial charge in [-0.15, -0.1) is 11.3 Å². The highest BCUT2D eigenvalue weighted by atomic mass is 127. The van der Waals surface area contributed by atoms with Gasteiger partial charge in [0.1, 0.15) is 0 Å². The summed E-state index contributed by atoms with van der Waals surface area (Å²) in [7, 11) is 0. The molecule has 1 aromatic rings. The highest BCUT2D eigenvalue weighted by molar-refractivity contribution is 14.1. The van der Waals surface area contributed by atoms with E-state index in [1.54, 1.807) is 0 Å². The van der Waals surface area contributed by atoms with Crippen LogP contribution in [0.25, 0.3) is 0 Å². The molecule has 1 heterocycles. The van der Waals surface area contributed by atoms with Gasteiger partial charge in [-0.1, -0.05) is 22.6 Å². The van der Waals surface area contributed by atoms with Gasteiger partial charge in [0.15, 0.2) is 0 Å². The van der Waals surface area contributed by atoms with E-state index in [0.717, 1.165) is 9.30 Å². The number of hydrogen-bond donors (Lipinski definition) is 1. The zero-order valence-electron chi connectivity index (χ0n) is 5.71. The first-order chi connectivity index (χ1) is 5.22. The van der Waals surface area contributed by atoms with Crippen molar-refractivity contribution >= 4 is 39.9 Å². The Bertz CT molecular complexity index is 257. The van der Waals surface area contributed by atoms with Gasteiger partial charge in [0.05, 0.1) is 6.42 Å². The Morgan fingerprint density at radius 2 is 2.45 bits per heavy atom. The van der Waals surface area contributed by atoms with Gasteiger partial charge in [0, 0.05) is 9.30 Å². The lowest BCUT2D eigenvalue weighted by molar-refractivity contribution is -0.136. The molecule has 0 saturated heterocycles. The smallest absolute Gasteiger partial charge is 0.308 e. The van der Waals surface area contributed by atoms with Crippen LogP contribution in [0, 0.1) is 0 Å². The van der Waals surface area contributed by atoms with Crippen LogP contribution in [0.3, 0.4) is 0 Å². The third-order valence-corrected chi connectivity index (χ3v) is 3.05. The first kappa shape index (κ1) is 8.99. The van der Waals surface area contributed by atoms with Gasteiger partial charge < -0.3 is 5.11 Å². The Morgan fingerprint density at radius 1 is 1.73 bits per heavy atom. The van der Waals surface area contributed by atoms with E-state index in [0.29, 0.717) is 0 Å². The number of halogens is 1. The molecule has 0 bridgehead atoms. The number of aliphatic carboxylic acids is 1. The van der Waals surface area contributed by atoms with E-state index in [1.807, 2.05) is 11.4 Å². The fourth-order valence-corrected chi connectivity index (χ4v) is 2.36. The number of thiophene rings is 1. The number of alkyl halides is 1. The second-order valence-corrected chi connectivity index (χ2v) is 3.88. The first-order valence-electron chi connectivity index (χ1n) is 3.06. The molecule has 60 valence electrons. The van der Waals surface area contributed by atoms with Crippen molar-refractivity contribution in [1.82, 2.24) is 0 Å². The van der Waals surface area contributed by atoms with E-state index in [2.05, 4.69) is 22.6 Å². The molecule has 1 aromatic heterocycles. The van der Waals surface area contributed by atoms with Crippen molar-refractivity contribution in [1.29, 1.82) is 0 Å². The summed E-state index contributed by atoms with van der Waals surface area (Å²) in [6.07, 6.45) is 0.154. The van der Waals surface area contributed by atoms with E-state index in [1.165, 1.54) is 16.9 Å². The number of carboxylic acids is 1. The van der Waals surface area contributed by atoms with Crippen molar-refractivity contribution in [3.63, 3.8) is 0 Å². The van der Waals surface area contributed by atoms with E-state index >= 15 is 0 Å². The van der Waals surface area contributed by atoms with Crippen LogP contribution in [-0.2, 0) is 15.6 Å². The van der Waals surface area contributed by atoms with E-state index in [9.17, 15) is 4.79 Å². The maximum Gasteiger partial charge on any atom is 0.308 e. The first-order valence-corrected chi connectivity index (χ1v) is 5.47. The lowest BCUT2D eigenvalue weighted by Crippen LogP contribution is -1.97. The van der Waals surface area contributed by atoms with Crippen molar-refractivity contribution in [2.45, 2.75) is 10.8 Å². The normalized spacial score (nSPS) is 9.91. The van der Waals surface area contributed by atoms with E-state index in [4.69, 9.17) is 5.11 Å². The molecule has 0 unspecified atom stereocenters. The van der Waals surface area contributed by atoms with Gasteiger partial charge >= 0.3 is 5.97 Å².